The molecule has 144 valence electrons. The van der Waals surface area contributed by atoms with Crippen LogP contribution in [-0.4, -0.2) is 63.2 Å². The molecule has 1 N–H and O–H groups in total. The van der Waals surface area contributed by atoms with Crippen LogP contribution in [0.1, 0.15) is 17.7 Å². The van der Waals surface area contributed by atoms with E-state index in [-0.39, 0.29) is 31.7 Å². The smallest absolute Gasteiger partial charge is 0.321 e. The molecule has 4 rings (SSSR count). The number of carbonyl (C=O) groups is 2. The molecule has 3 aliphatic rings. The van der Waals surface area contributed by atoms with Crippen LogP contribution in [0, 0.1) is 26.1 Å². The zero-order valence-electron chi connectivity index (χ0n) is 14.3. The van der Waals surface area contributed by atoms with Gasteiger partial charge in [-0.3, -0.25) is 34.7 Å². The average molecular weight is 394 g/mol. The first-order valence-electron chi connectivity index (χ1n) is 8.67. The zero-order valence-corrected chi connectivity index (χ0v) is 15.1. The number of likely N-dealkylation sites (tertiary alicyclic amines) is 1. The molecule has 3 heterocycles. The molecule has 1 aromatic heterocycles. The van der Waals surface area contributed by atoms with Gasteiger partial charge in [-0.2, -0.15) is 0 Å². The van der Waals surface area contributed by atoms with E-state index in [2.05, 4.69) is 5.32 Å². The maximum Gasteiger partial charge on any atom is 0.321 e. The Morgan fingerprint density at radius 3 is 2.63 bits per heavy atom. The van der Waals surface area contributed by atoms with Crippen LogP contribution >= 0.6 is 11.3 Å². The van der Waals surface area contributed by atoms with Crippen molar-refractivity contribution in [3.05, 3.63) is 42.6 Å². The van der Waals surface area contributed by atoms with Crippen LogP contribution in [0.25, 0.3) is 0 Å². The lowest BCUT2D eigenvalue weighted by Gasteiger charge is -2.55. The van der Waals surface area contributed by atoms with Gasteiger partial charge in [0.15, 0.2) is 0 Å². The number of hydrogen-bond donors (Lipinski definition) is 1. The van der Waals surface area contributed by atoms with Gasteiger partial charge in [0, 0.05) is 34.1 Å². The van der Waals surface area contributed by atoms with Crippen LogP contribution in [0.5, 0.6) is 0 Å². The molecule has 2 aliphatic heterocycles. The second kappa shape index (κ2) is 6.06. The molecule has 0 aromatic carbocycles. The standard InChI is InChI=1S/C16H18N4O6S/c21-10-6-12-15(19(23)24)8-18(4-3-11-2-1-5-27-11)9-16(12,20(25)26)14(22)17-13(15)7-10/h1-2,5,12-13H,3-4,6-9H2,(H,17,22). The zero-order chi connectivity index (χ0) is 19.4. The molecule has 1 aromatic rings. The number of hydrogen-bond acceptors (Lipinski definition) is 8. The average Bonchev–Trinajstić information content (AvgIpc) is 3.11. The quantitative estimate of drug-likeness (QED) is 0.553. The van der Waals surface area contributed by atoms with Gasteiger partial charge in [-0.25, -0.2) is 0 Å². The van der Waals surface area contributed by atoms with E-state index < -0.39 is 38.8 Å². The van der Waals surface area contributed by atoms with Crippen LogP contribution in [0.2, 0.25) is 0 Å². The molecular weight excluding hydrogens is 376 g/mol. The van der Waals surface area contributed by atoms with Crippen molar-refractivity contribution >= 4 is 23.0 Å². The van der Waals surface area contributed by atoms with E-state index in [1.165, 1.54) is 0 Å². The van der Waals surface area contributed by atoms with Crippen molar-refractivity contribution in [1.82, 2.24) is 10.2 Å². The van der Waals surface area contributed by atoms with Crippen molar-refractivity contribution in [1.29, 1.82) is 0 Å². The number of nitrogens with one attached hydrogen (secondary N) is 1. The van der Waals surface area contributed by atoms with Crippen molar-refractivity contribution in [2.75, 3.05) is 19.6 Å². The van der Waals surface area contributed by atoms with Gasteiger partial charge in [0.2, 0.25) is 0 Å². The summed E-state index contributed by atoms with van der Waals surface area (Å²) in [7, 11) is 0. The molecule has 1 saturated carbocycles. The Balaban J connectivity index is 1.75. The van der Waals surface area contributed by atoms with Crippen LogP contribution < -0.4 is 5.32 Å². The summed E-state index contributed by atoms with van der Waals surface area (Å²) in [4.78, 5) is 50.5. The van der Waals surface area contributed by atoms with Crippen LogP contribution in [0.15, 0.2) is 17.5 Å². The summed E-state index contributed by atoms with van der Waals surface area (Å²) >= 11 is 1.54. The number of rotatable bonds is 5. The van der Waals surface area contributed by atoms with E-state index >= 15 is 0 Å². The third kappa shape index (κ3) is 2.41. The SMILES string of the molecule is O=C1CC2NC(=O)C3([N+](=O)[O-])CN(CCc4cccs4)CC2([N+](=O)[O-])C3C1. The maximum absolute atomic E-state index is 12.7. The van der Waals surface area contributed by atoms with Crippen LogP contribution in [-0.2, 0) is 16.0 Å². The molecule has 4 atom stereocenters. The number of carbonyl (C=O) groups excluding carboxylic acids is 2. The van der Waals surface area contributed by atoms with Crippen molar-refractivity contribution in [2.24, 2.45) is 5.92 Å². The minimum Gasteiger partial charge on any atom is -0.339 e. The van der Waals surface area contributed by atoms with Crippen molar-refractivity contribution in [2.45, 2.75) is 36.4 Å². The summed E-state index contributed by atoms with van der Waals surface area (Å²) in [6.07, 6.45) is 0.134. The molecule has 1 aliphatic carbocycles. The number of piperidine rings is 2. The molecule has 2 saturated heterocycles. The van der Waals surface area contributed by atoms with E-state index in [9.17, 15) is 29.8 Å². The minimum atomic E-state index is -2.17. The van der Waals surface area contributed by atoms with E-state index in [0.29, 0.717) is 13.0 Å². The predicted octanol–water partition coefficient (Wildman–Crippen LogP) is 0.115. The van der Waals surface area contributed by atoms with Gasteiger partial charge >= 0.3 is 5.54 Å². The van der Waals surface area contributed by atoms with E-state index in [1.807, 2.05) is 17.5 Å². The van der Waals surface area contributed by atoms with E-state index in [4.69, 9.17) is 0 Å². The van der Waals surface area contributed by atoms with Crippen molar-refractivity contribution in [3.8, 4) is 0 Å². The fraction of sp³-hybridized carbons (Fsp3) is 0.625. The first kappa shape index (κ1) is 18.0. The Morgan fingerprint density at radius 2 is 2.00 bits per heavy atom. The van der Waals surface area contributed by atoms with Crippen molar-refractivity contribution in [3.63, 3.8) is 0 Å². The first-order chi connectivity index (χ1) is 12.8. The molecule has 27 heavy (non-hydrogen) atoms. The molecule has 10 nitrogen and oxygen atoms in total. The minimum absolute atomic E-state index is 0.0101. The highest BCUT2D eigenvalue weighted by molar-refractivity contribution is 7.09. The number of nitrogens with zero attached hydrogens (tertiary/aromatic N) is 3. The van der Waals surface area contributed by atoms with E-state index in [1.54, 1.807) is 16.2 Å². The molecule has 0 radical (unpaired) electrons. The van der Waals surface area contributed by atoms with Gasteiger partial charge in [-0.1, -0.05) is 6.07 Å². The molecule has 4 bridgehead atoms. The third-order valence-corrected chi connectivity index (χ3v) is 7.14. The largest absolute Gasteiger partial charge is 0.339 e. The van der Waals surface area contributed by atoms with Gasteiger partial charge in [0.05, 0.1) is 13.1 Å². The van der Waals surface area contributed by atoms with Crippen LogP contribution in [0.3, 0.4) is 0 Å². The number of ketones is 1. The molecular formula is C16H18N4O6S. The van der Waals surface area contributed by atoms with Gasteiger partial charge in [-0.15, -0.1) is 11.3 Å². The normalized spacial score (nSPS) is 35.6. The summed E-state index contributed by atoms with van der Waals surface area (Å²) in [5, 5.41) is 28.6. The molecule has 0 spiro atoms. The topological polar surface area (TPSA) is 136 Å². The Kier molecular flexibility index (Phi) is 4.04. The van der Waals surface area contributed by atoms with E-state index in [0.717, 1.165) is 4.88 Å². The van der Waals surface area contributed by atoms with Gasteiger partial charge in [-0.05, 0) is 17.9 Å². The summed E-state index contributed by atoms with van der Waals surface area (Å²) in [5.41, 5.74) is -3.89. The van der Waals surface area contributed by atoms with Crippen LogP contribution in [0.4, 0.5) is 0 Å². The Morgan fingerprint density at radius 1 is 1.22 bits per heavy atom. The van der Waals surface area contributed by atoms with Gasteiger partial charge in [0.25, 0.3) is 11.4 Å². The third-order valence-electron chi connectivity index (χ3n) is 6.21. The first-order valence-corrected chi connectivity index (χ1v) is 9.55. The highest BCUT2D eigenvalue weighted by Crippen LogP contribution is 2.49. The summed E-state index contributed by atoms with van der Waals surface area (Å²) in [6, 6.07) is 2.82. The lowest BCUT2D eigenvalue weighted by molar-refractivity contribution is -0.641. The fourth-order valence-corrected chi connectivity index (χ4v) is 5.65. The Bertz CT molecular complexity index is 829. The molecule has 1 amide bonds. The maximum atomic E-state index is 12.7. The summed E-state index contributed by atoms with van der Waals surface area (Å²) in [6.45, 7) is 0.147. The Hall–Kier alpha value is -2.40. The second-order valence-electron chi connectivity index (χ2n) is 7.50. The number of nitro groups is 2. The monoisotopic (exact) mass is 394 g/mol. The summed E-state index contributed by atoms with van der Waals surface area (Å²) in [5.74, 6) is -2.32. The molecule has 4 unspecified atom stereocenters. The summed E-state index contributed by atoms with van der Waals surface area (Å²) < 4.78 is 0. The molecule has 3 fully saturated rings. The van der Waals surface area contributed by atoms with Crippen molar-refractivity contribution < 1.29 is 19.4 Å². The predicted molar refractivity (Wildman–Crippen MR) is 93.6 cm³/mol. The second-order valence-corrected chi connectivity index (χ2v) is 8.53. The molecule has 11 heteroatoms. The lowest BCUT2D eigenvalue weighted by atomic mass is 9.56. The number of thiophene rings is 1. The highest BCUT2D eigenvalue weighted by atomic mass is 32.1. The fourth-order valence-electron chi connectivity index (χ4n) is 4.95. The number of amides is 1. The number of Topliss-reactive ketones (excluding diaryl/α,β-unsaturated/α-hetero) is 1. The highest BCUT2D eigenvalue weighted by Gasteiger charge is 2.80. The Labute approximate surface area is 157 Å². The van der Waals surface area contributed by atoms with Gasteiger partial charge < -0.3 is 5.32 Å². The lowest BCUT2D eigenvalue weighted by Crippen LogP contribution is -2.86. The van der Waals surface area contributed by atoms with Gasteiger partial charge in [0.1, 0.15) is 17.7 Å².